The van der Waals surface area contributed by atoms with Crippen LogP contribution in [0.2, 0.25) is 5.15 Å². The number of ether oxygens (including phenoxy) is 1. The second-order valence-electron chi connectivity index (χ2n) is 2.99. The van der Waals surface area contributed by atoms with E-state index in [4.69, 9.17) is 21.4 Å². The lowest BCUT2D eigenvalue weighted by atomic mass is 10.3. The lowest BCUT2D eigenvalue weighted by Gasteiger charge is -2.06. The molecule has 84 valence electrons. The molecular formula is C10H14ClNO2S. The van der Waals surface area contributed by atoms with Gasteiger partial charge in [0.2, 0.25) is 5.88 Å². The van der Waals surface area contributed by atoms with Crippen LogP contribution in [-0.4, -0.2) is 29.6 Å². The third kappa shape index (κ3) is 4.73. The monoisotopic (exact) mass is 247 g/mol. The highest BCUT2D eigenvalue weighted by Crippen LogP contribution is 2.19. The Morgan fingerprint density at radius 2 is 2.33 bits per heavy atom. The zero-order valence-electron chi connectivity index (χ0n) is 8.57. The summed E-state index contributed by atoms with van der Waals surface area (Å²) in [6.07, 6.45) is 2.63. The molecule has 0 fully saturated rings. The zero-order chi connectivity index (χ0) is 11.1. The first-order chi connectivity index (χ1) is 7.26. The number of hydrogen-bond acceptors (Lipinski definition) is 4. The minimum absolute atomic E-state index is 0.123. The van der Waals surface area contributed by atoms with Crippen LogP contribution in [0.3, 0.4) is 0 Å². The second kappa shape index (κ2) is 6.93. The van der Waals surface area contributed by atoms with Crippen LogP contribution in [0, 0.1) is 0 Å². The van der Waals surface area contributed by atoms with Gasteiger partial charge in [-0.3, -0.25) is 0 Å². The van der Waals surface area contributed by atoms with Crippen LogP contribution in [-0.2, 0) is 5.75 Å². The van der Waals surface area contributed by atoms with Gasteiger partial charge in [0.1, 0.15) is 5.15 Å². The van der Waals surface area contributed by atoms with E-state index in [0.29, 0.717) is 24.1 Å². The molecule has 0 saturated carbocycles. The predicted molar refractivity (Wildman–Crippen MR) is 63.7 cm³/mol. The van der Waals surface area contributed by atoms with Gasteiger partial charge in [0.15, 0.2) is 0 Å². The molecule has 0 aliphatic rings. The molecule has 0 unspecified atom stereocenters. The van der Waals surface area contributed by atoms with E-state index in [-0.39, 0.29) is 6.61 Å². The third-order valence-corrected chi connectivity index (χ3v) is 2.51. The molecule has 5 heteroatoms. The largest absolute Gasteiger partial charge is 0.478 e. The van der Waals surface area contributed by atoms with E-state index in [1.54, 1.807) is 11.8 Å². The lowest BCUT2D eigenvalue weighted by molar-refractivity contribution is 0.229. The van der Waals surface area contributed by atoms with Crippen LogP contribution in [0.4, 0.5) is 0 Å². The Hall–Kier alpha value is -0.450. The van der Waals surface area contributed by atoms with E-state index in [1.807, 2.05) is 18.4 Å². The number of pyridine rings is 1. The zero-order valence-corrected chi connectivity index (χ0v) is 10.1. The molecule has 0 spiro atoms. The summed E-state index contributed by atoms with van der Waals surface area (Å²) in [5.74, 6) is 1.42. The summed E-state index contributed by atoms with van der Waals surface area (Å²) in [5, 5.41) is 9.05. The van der Waals surface area contributed by atoms with E-state index in [2.05, 4.69) is 4.98 Å². The van der Waals surface area contributed by atoms with Crippen molar-refractivity contribution in [2.24, 2.45) is 0 Å². The minimum atomic E-state index is 0.123. The first-order valence-corrected chi connectivity index (χ1v) is 6.42. The molecule has 1 N–H and O–H groups in total. The molecule has 0 atom stereocenters. The fourth-order valence-electron chi connectivity index (χ4n) is 1.09. The van der Waals surface area contributed by atoms with Crippen molar-refractivity contribution >= 4 is 23.4 Å². The summed E-state index contributed by atoms with van der Waals surface area (Å²) < 4.78 is 5.35. The quantitative estimate of drug-likeness (QED) is 0.619. The maximum Gasteiger partial charge on any atom is 0.214 e. The highest BCUT2D eigenvalue weighted by molar-refractivity contribution is 7.97. The first-order valence-electron chi connectivity index (χ1n) is 4.65. The molecule has 0 radical (unpaired) electrons. The Morgan fingerprint density at radius 1 is 1.53 bits per heavy atom. The Labute approximate surface area is 98.8 Å². The highest BCUT2D eigenvalue weighted by Gasteiger charge is 2.01. The van der Waals surface area contributed by atoms with E-state index >= 15 is 0 Å². The molecule has 1 rings (SSSR count). The topological polar surface area (TPSA) is 42.4 Å². The Kier molecular flexibility index (Phi) is 5.83. The molecule has 3 nitrogen and oxygen atoms in total. The lowest BCUT2D eigenvalue weighted by Crippen LogP contribution is -2.01. The molecule has 1 aromatic heterocycles. The minimum Gasteiger partial charge on any atom is -0.478 e. The van der Waals surface area contributed by atoms with E-state index in [0.717, 1.165) is 11.3 Å². The van der Waals surface area contributed by atoms with Crippen LogP contribution < -0.4 is 4.74 Å². The number of aliphatic hydroxyl groups is 1. The fourth-order valence-corrected chi connectivity index (χ4v) is 1.81. The van der Waals surface area contributed by atoms with Gasteiger partial charge >= 0.3 is 0 Å². The fraction of sp³-hybridized carbons (Fsp3) is 0.500. The van der Waals surface area contributed by atoms with E-state index < -0.39 is 0 Å². The Bertz CT molecular complexity index is 309. The van der Waals surface area contributed by atoms with Crippen molar-refractivity contribution in [3.8, 4) is 5.88 Å². The first kappa shape index (κ1) is 12.6. The van der Waals surface area contributed by atoms with Gasteiger partial charge in [0, 0.05) is 24.8 Å². The highest BCUT2D eigenvalue weighted by atomic mass is 35.5. The third-order valence-electron chi connectivity index (χ3n) is 1.69. The SMILES string of the molecule is CSCc1cc(Cl)nc(OCCCO)c1. The van der Waals surface area contributed by atoms with Gasteiger partial charge in [0.05, 0.1) is 6.61 Å². The average molecular weight is 248 g/mol. The molecule has 1 aromatic rings. The molecule has 1 heterocycles. The van der Waals surface area contributed by atoms with Crippen molar-refractivity contribution in [1.82, 2.24) is 4.98 Å². The molecule has 15 heavy (non-hydrogen) atoms. The Balaban J connectivity index is 2.62. The van der Waals surface area contributed by atoms with Crippen molar-refractivity contribution < 1.29 is 9.84 Å². The summed E-state index contributed by atoms with van der Waals surface area (Å²) >= 11 is 7.57. The van der Waals surface area contributed by atoms with Gasteiger partial charge in [-0.1, -0.05) is 11.6 Å². The number of thioether (sulfide) groups is 1. The van der Waals surface area contributed by atoms with Crippen LogP contribution in [0.5, 0.6) is 5.88 Å². The summed E-state index contributed by atoms with van der Waals surface area (Å²) in [6, 6.07) is 3.71. The van der Waals surface area contributed by atoms with Gasteiger partial charge in [-0.2, -0.15) is 11.8 Å². The van der Waals surface area contributed by atoms with Crippen LogP contribution in [0.25, 0.3) is 0 Å². The summed E-state index contributed by atoms with van der Waals surface area (Å²) in [6.45, 7) is 0.584. The van der Waals surface area contributed by atoms with E-state index in [9.17, 15) is 0 Å². The van der Waals surface area contributed by atoms with Gasteiger partial charge in [-0.25, -0.2) is 4.98 Å². The van der Waals surface area contributed by atoms with Gasteiger partial charge in [-0.15, -0.1) is 0 Å². The molecule has 0 amide bonds. The Morgan fingerprint density at radius 3 is 3.00 bits per heavy atom. The van der Waals surface area contributed by atoms with Gasteiger partial charge in [0.25, 0.3) is 0 Å². The summed E-state index contributed by atoms with van der Waals surface area (Å²) in [5.41, 5.74) is 1.10. The molecule has 0 aliphatic carbocycles. The smallest absolute Gasteiger partial charge is 0.214 e. The second-order valence-corrected chi connectivity index (χ2v) is 4.25. The standard InChI is InChI=1S/C10H14ClNO2S/c1-15-7-8-5-9(11)12-10(6-8)14-4-2-3-13/h5-6,13H,2-4,7H2,1H3. The average Bonchev–Trinajstić information content (AvgIpc) is 2.18. The maximum atomic E-state index is 8.61. The van der Waals surface area contributed by atoms with Crippen molar-refractivity contribution in [3.05, 3.63) is 22.8 Å². The van der Waals surface area contributed by atoms with Crippen molar-refractivity contribution in [2.75, 3.05) is 19.5 Å². The molecular weight excluding hydrogens is 234 g/mol. The molecule has 0 bridgehead atoms. The maximum absolute atomic E-state index is 8.61. The van der Waals surface area contributed by atoms with Crippen LogP contribution in [0.15, 0.2) is 12.1 Å². The normalized spacial score (nSPS) is 10.3. The number of halogens is 1. The molecule has 0 aromatic carbocycles. The number of rotatable bonds is 6. The number of hydrogen-bond donors (Lipinski definition) is 1. The van der Waals surface area contributed by atoms with Crippen molar-refractivity contribution in [2.45, 2.75) is 12.2 Å². The molecule has 0 aliphatic heterocycles. The number of nitrogens with zero attached hydrogens (tertiary/aromatic N) is 1. The number of aliphatic hydroxyl groups excluding tert-OH is 1. The molecule has 0 saturated heterocycles. The van der Waals surface area contributed by atoms with Gasteiger partial charge < -0.3 is 9.84 Å². The summed E-state index contributed by atoms with van der Waals surface area (Å²) in [7, 11) is 0. The predicted octanol–water partition coefficient (Wildman–Crippen LogP) is 2.36. The van der Waals surface area contributed by atoms with Gasteiger partial charge in [-0.05, 0) is 17.9 Å². The van der Waals surface area contributed by atoms with Crippen molar-refractivity contribution in [3.63, 3.8) is 0 Å². The van der Waals surface area contributed by atoms with E-state index in [1.165, 1.54) is 0 Å². The van der Waals surface area contributed by atoms with Crippen molar-refractivity contribution in [1.29, 1.82) is 0 Å². The summed E-state index contributed by atoms with van der Waals surface area (Å²) in [4.78, 5) is 4.04. The number of aromatic nitrogens is 1. The van der Waals surface area contributed by atoms with Crippen LogP contribution in [0.1, 0.15) is 12.0 Å². The van der Waals surface area contributed by atoms with Crippen LogP contribution >= 0.6 is 23.4 Å².